The molecule has 0 aliphatic heterocycles. The second-order valence-corrected chi connectivity index (χ2v) is 14.8. The van der Waals surface area contributed by atoms with E-state index in [0.717, 1.165) is 12.1 Å². The second-order valence-electron chi connectivity index (χ2n) is 6.36. The van der Waals surface area contributed by atoms with Gasteiger partial charge < -0.3 is 9.78 Å². The smallest absolute Gasteiger partial charge is 0.329 e. The van der Waals surface area contributed by atoms with Gasteiger partial charge in [-0.25, -0.2) is 0 Å². The van der Waals surface area contributed by atoms with Gasteiger partial charge in [-0.05, 0) is 12.1 Å². The van der Waals surface area contributed by atoms with Gasteiger partial charge in [-0.15, -0.1) is 0 Å². The molecule has 2 aromatic carbocycles. The topological polar surface area (TPSA) is 328 Å². The van der Waals surface area contributed by atoms with Crippen LogP contribution in [0, 0.1) is 0 Å². The minimum Gasteiger partial charge on any atom is -0.329 e. The van der Waals surface area contributed by atoms with Crippen LogP contribution in [0.2, 0.25) is 0 Å². The summed E-state index contributed by atoms with van der Waals surface area (Å²) in [5.74, 6) is -0.516. The highest BCUT2D eigenvalue weighted by Crippen LogP contribution is 2.50. The van der Waals surface area contributed by atoms with Crippen molar-refractivity contribution in [1.82, 2.24) is 0 Å². The molecule has 0 radical (unpaired) electrons. The zero-order valence-electron chi connectivity index (χ0n) is 16.9. The molecule has 0 heterocycles. The molecule has 0 aromatic heterocycles. The normalized spacial score (nSPS) is 15.2. The lowest BCUT2D eigenvalue weighted by molar-refractivity contribution is -0.106. The largest absolute Gasteiger partial charge is 0.399 e. The van der Waals surface area contributed by atoms with E-state index in [1.807, 2.05) is 0 Å². The molecule has 2 aromatic rings. The van der Waals surface area contributed by atoms with E-state index >= 15 is 0 Å². The van der Waals surface area contributed by atoms with Gasteiger partial charge in [-0.1, -0.05) is 22.9 Å². The Morgan fingerprint density at radius 3 is 1.14 bits per heavy atom. The Labute approximate surface area is 207 Å². The summed E-state index contributed by atoms with van der Waals surface area (Å²) in [6.07, 6.45) is 0. The van der Waals surface area contributed by atoms with Crippen molar-refractivity contribution in [2.45, 2.75) is 24.5 Å². The van der Waals surface area contributed by atoms with Crippen molar-refractivity contribution >= 4 is 63.5 Å². The van der Waals surface area contributed by atoms with Crippen molar-refractivity contribution in [1.29, 1.82) is 0 Å². The van der Waals surface area contributed by atoms with Crippen LogP contribution in [0.5, 0.6) is 5.75 Å². The highest BCUT2D eigenvalue weighted by atomic mass is 32.2. The maximum atomic E-state index is 12.9. The summed E-state index contributed by atoms with van der Waals surface area (Å²) >= 11 is 0. The first kappa shape index (κ1) is 31.2. The van der Waals surface area contributed by atoms with Crippen molar-refractivity contribution in [3.05, 3.63) is 30.3 Å². The van der Waals surface area contributed by atoms with E-state index in [0.29, 0.717) is 0 Å². The SMILES string of the molecule is O=P(O)(OOc1ccccc1)c1c(S(=O)(=O)O)c(S(=O)(=O)O)c(S(=O)(=O)O)c(S(=O)(=O)O)c1S(=O)(=O)O. The Bertz CT molecular complexity index is 1770. The third-order valence-electron chi connectivity index (χ3n) is 3.81. The van der Waals surface area contributed by atoms with Crippen LogP contribution in [-0.2, 0) is 59.8 Å². The summed E-state index contributed by atoms with van der Waals surface area (Å²) in [6, 6.07) is 5.76. The van der Waals surface area contributed by atoms with E-state index in [1.54, 1.807) is 0 Å². The van der Waals surface area contributed by atoms with E-state index in [-0.39, 0.29) is 0 Å². The summed E-state index contributed by atoms with van der Waals surface area (Å²) in [5, 5.41) is -2.75. The van der Waals surface area contributed by atoms with Crippen molar-refractivity contribution in [3.63, 3.8) is 0 Å². The molecule has 0 amide bonds. The predicted octanol–water partition coefficient (Wildman–Crippen LogP) is -1.26. The minimum absolute atomic E-state index is 0.516. The van der Waals surface area contributed by atoms with Gasteiger partial charge in [-0.2, -0.15) is 42.1 Å². The lowest BCUT2D eigenvalue weighted by atomic mass is 10.3. The zero-order valence-corrected chi connectivity index (χ0v) is 21.8. The number of hydrogen-bond acceptors (Lipinski definition) is 13. The highest BCUT2D eigenvalue weighted by molar-refractivity contribution is 7.93. The van der Waals surface area contributed by atoms with Crippen molar-refractivity contribution in [3.8, 4) is 5.75 Å². The first-order chi connectivity index (χ1) is 16.3. The van der Waals surface area contributed by atoms with Crippen LogP contribution in [0.4, 0.5) is 0 Å². The molecule has 0 saturated carbocycles. The molecule has 19 nitrogen and oxygen atoms in total. The predicted molar refractivity (Wildman–Crippen MR) is 113 cm³/mol. The monoisotopic (exact) mass is 650 g/mol. The summed E-state index contributed by atoms with van der Waals surface area (Å²) in [6.45, 7) is 0. The molecule has 2 rings (SSSR count). The second kappa shape index (κ2) is 9.60. The summed E-state index contributed by atoms with van der Waals surface area (Å²) < 4.78 is 184. The van der Waals surface area contributed by atoms with Gasteiger partial charge in [0.1, 0.15) is 29.8 Å². The molecule has 25 heteroatoms. The average molecular weight is 651 g/mol. The van der Waals surface area contributed by atoms with Crippen molar-refractivity contribution in [2.24, 2.45) is 0 Å². The van der Waals surface area contributed by atoms with E-state index in [9.17, 15) is 74.3 Å². The van der Waals surface area contributed by atoms with Gasteiger partial charge >= 0.3 is 7.60 Å². The third-order valence-corrected chi connectivity index (χ3v) is 10.5. The fourth-order valence-corrected chi connectivity index (χ4v) is 11.4. The van der Waals surface area contributed by atoms with Gasteiger partial charge in [0.05, 0.1) is 0 Å². The zero-order chi connectivity index (χ0) is 29.0. The van der Waals surface area contributed by atoms with Crippen LogP contribution >= 0.6 is 7.60 Å². The number of rotatable bonds is 9. The van der Waals surface area contributed by atoms with Crippen LogP contribution in [0.15, 0.2) is 54.8 Å². The first-order valence-corrected chi connectivity index (χ1v) is 16.9. The van der Waals surface area contributed by atoms with Crippen molar-refractivity contribution in [2.75, 3.05) is 0 Å². The Kier molecular flexibility index (Phi) is 8.08. The standard InChI is InChI=1S/C12H11O19PS5/c13-32(14,31-30-6-4-2-1-3-5-6)7-8(33(15,16)17)10(35(21,22)23)12(37(27,28)29)11(36(24,25)26)9(7)34(18,19)20/h1-5H,(H,13,14)(H,15,16,17)(H,18,19,20)(H,21,22,23)(H,24,25,26)(H,27,28,29). The molecule has 6 N–H and O–H groups in total. The Morgan fingerprint density at radius 1 is 0.541 bits per heavy atom. The number of hydrogen-bond donors (Lipinski definition) is 6. The quantitative estimate of drug-likeness (QED) is 0.0798. The van der Waals surface area contributed by atoms with E-state index in [1.165, 1.54) is 18.2 Å². The molecular weight excluding hydrogens is 639 g/mol. The maximum absolute atomic E-state index is 12.9. The fraction of sp³-hybridized carbons (Fsp3) is 0. The maximum Gasteiger partial charge on any atom is 0.399 e. The average Bonchev–Trinajstić information content (AvgIpc) is 2.67. The Hall–Kier alpha value is -2.06. The highest BCUT2D eigenvalue weighted by Gasteiger charge is 2.51. The van der Waals surface area contributed by atoms with E-state index in [4.69, 9.17) is 0 Å². The molecule has 208 valence electrons. The molecule has 0 bridgehead atoms. The van der Waals surface area contributed by atoms with Gasteiger partial charge in [-0.3, -0.25) is 27.3 Å². The molecule has 37 heavy (non-hydrogen) atoms. The first-order valence-electron chi connectivity index (χ1n) is 8.17. The lowest BCUT2D eigenvalue weighted by Gasteiger charge is -2.22. The number of para-hydroxylation sites is 1. The lowest BCUT2D eigenvalue weighted by Crippen LogP contribution is -2.32. The van der Waals surface area contributed by atoms with Gasteiger partial charge in [0, 0.05) is 0 Å². The van der Waals surface area contributed by atoms with E-state index < -0.39 is 93.7 Å². The molecule has 0 fully saturated rings. The Morgan fingerprint density at radius 2 is 0.838 bits per heavy atom. The van der Waals surface area contributed by atoms with Crippen LogP contribution < -0.4 is 10.2 Å². The van der Waals surface area contributed by atoms with Gasteiger partial charge in [0.15, 0.2) is 5.75 Å². The van der Waals surface area contributed by atoms with E-state index in [2.05, 4.69) is 9.56 Å². The molecule has 0 spiro atoms. The minimum atomic E-state index is -6.59. The summed E-state index contributed by atoms with van der Waals surface area (Å²) in [7, 11) is -39.5. The van der Waals surface area contributed by atoms with Gasteiger partial charge in [0.25, 0.3) is 50.6 Å². The van der Waals surface area contributed by atoms with Crippen molar-refractivity contribution < 1.29 is 83.9 Å². The molecule has 1 atom stereocenters. The molecule has 0 aliphatic rings. The Balaban J connectivity index is 3.46. The fourth-order valence-electron chi connectivity index (χ4n) is 2.67. The third kappa shape index (κ3) is 6.69. The van der Waals surface area contributed by atoms with Crippen LogP contribution in [0.3, 0.4) is 0 Å². The summed E-state index contributed by atoms with van der Waals surface area (Å²) in [4.78, 5) is 0.0385. The summed E-state index contributed by atoms with van der Waals surface area (Å²) in [5.41, 5.74) is 0. The van der Waals surface area contributed by atoms with Gasteiger partial charge in [0.2, 0.25) is 0 Å². The molecule has 0 aliphatic carbocycles. The number of benzene rings is 2. The van der Waals surface area contributed by atoms with Crippen LogP contribution in [-0.4, -0.2) is 69.7 Å². The molecule has 0 saturated heterocycles. The van der Waals surface area contributed by atoms with Crippen LogP contribution in [0.25, 0.3) is 0 Å². The van der Waals surface area contributed by atoms with Crippen LogP contribution in [0.1, 0.15) is 0 Å². The molecule has 1 unspecified atom stereocenters. The molecular formula is C12H11O19PS5.